The molecular weight excluding hydrogens is 298 g/mol. The third kappa shape index (κ3) is 2.42. The number of ether oxygens (including phenoxy) is 1. The molecule has 2 heterocycles. The molecule has 124 valence electrons. The summed E-state index contributed by atoms with van der Waals surface area (Å²) >= 11 is 0. The zero-order chi connectivity index (χ0) is 16.7. The van der Waals surface area contributed by atoms with E-state index in [9.17, 15) is 0 Å². The van der Waals surface area contributed by atoms with Crippen molar-refractivity contribution in [1.29, 1.82) is 0 Å². The minimum Gasteiger partial charge on any atom is -0.496 e. The molecule has 0 aliphatic heterocycles. The second-order valence-electron chi connectivity index (χ2n) is 6.57. The second-order valence-corrected chi connectivity index (χ2v) is 6.57. The van der Waals surface area contributed by atoms with Gasteiger partial charge in [-0.05, 0) is 61.9 Å². The van der Waals surface area contributed by atoms with Crippen LogP contribution in [-0.4, -0.2) is 16.7 Å². The summed E-state index contributed by atoms with van der Waals surface area (Å²) in [5.74, 6) is 1.75. The van der Waals surface area contributed by atoms with Gasteiger partial charge in [0.1, 0.15) is 17.2 Å². The van der Waals surface area contributed by atoms with E-state index in [2.05, 4.69) is 41.2 Å². The van der Waals surface area contributed by atoms with Gasteiger partial charge in [-0.15, -0.1) is 0 Å². The Morgan fingerprint density at radius 1 is 1.12 bits per heavy atom. The SMILES string of the molecule is COc1cc(Nc2ccc3c4c(n(C)c3n2)CCCC4)ccc1C. The average molecular weight is 321 g/mol. The summed E-state index contributed by atoms with van der Waals surface area (Å²) in [4.78, 5) is 4.86. The molecule has 4 rings (SSSR count). The first-order chi connectivity index (χ1) is 11.7. The molecule has 0 bridgehead atoms. The smallest absolute Gasteiger partial charge is 0.142 e. The van der Waals surface area contributed by atoms with Crippen LogP contribution in [0.1, 0.15) is 29.7 Å². The Hall–Kier alpha value is -2.49. The Kier molecular flexibility index (Phi) is 3.68. The zero-order valence-corrected chi connectivity index (χ0v) is 14.5. The Bertz CT molecular complexity index is 911. The number of nitrogens with one attached hydrogen (secondary N) is 1. The molecule has 0 spiro atoms. The van der Waals surface area contributed by atoms with E-state index in [0.717, 1.165) is 28.5 Å². The summed E-state index contributed by atoms with van der Waals surface area (Å²) in [5.41, 5.74) is 6.14. The van der Waals surface area contributed by atoms with Crippen LogP contribution >= 0.6 is 0 Å². The van der Waals surface area contributed by atoms with Crippen LogP contribution in [0.5, 0.6) is 5.75 Å². The van der Waals surface area contributed by atoms with Crippen molar-refractivity contribution in [2.45, 2.75) is 32.6 Å². The number of fused-ring (bicyclic) bond motifs is 3. The fourth-order valence-corrected chi connectivity index (χ4v) is 3.73. The molecule has 1 aromatic carbocycles. The summed E-state index contributed by atoms with van der Waals surface area (Å²) in [6, 6.07) is 10.4. The zero-order valence-electron chi connectivity index (χ0n) is 14.5. The lowest BCUT2D eigenvalue weighted by atomic mass is 9.96. The van der Waals surface area contributed by atoms with Crippen molar-refractivity contribution in [1.82, 2.24) is 9.55 Å². The third-order valence-electron chi connectivity index (χ3n) is 5.04. The number of aromatic nitrogens is 2. The highest BCUT2D eigenvalue weighted by molar-refractivity contribution is 5.84. The van der Waals surface area contributed by atoms with E-state index in [1.807, 2.05) is 13.0 Å². The van der Waals surface area contributed by atoms with E-state index in [-0.39, 0.29) is 0 Å². The third-order valence-corrected chi connectivity index (χ3v) is 5.04. The topological polar surface area (TPSA) is 39.1 Å². The van der Waals surface area contributed by atoms with Crippen molar-refractivity contribution in [2.24, 2.45) is 7.05 Å². The largest absolute Gasteiger partial charge is 0.496 e. The fourth-order valence-electron chi connectivity index (χ4n) is 3.73. The molecule has 0 fully saturated rings. The molecule has 0 radical (unpaired) electrons. The van der Waals surface area contributed by atoms with Gasteiger partial charge in [0.15, 0.2) is 0 Å². The molecule has 0 saturated heterocycles. The van der Waals surface area contributed by atoms with Crippen LogP contribution in [0.15, 0.2) is 30.3 Å². The predicted molar refractivity (Wildman–Crippen MR) is 98.4 cm³/mol. The van der Waals surface area contributed by atoms with Crippen molar-refractivity contribution in [2.75, 3.05) is 12.4 Å². The fraction of sp³-hybridized carbons (Fsp3) is 0.350. The lowest BCUT2D eigenvalue weighted by Gasteiger charge is -2.12. The molecule has 0 unspecified atom stereocenters. The Balaban J connectivity index is 1.72. The summed E-state index contributed by atoms with van der Waals surface area (Å²) in [5, 5.41) is 4.71. The number of hydrogen-bond acceptors (Lipinski definition) is 3. The van der Waals surface area contributed by atoms with E-state index < -0.39 is 0 Å². The standard InChI is InChI=1S/C20H23N3O/c1-13-8-9-14(12-18(13)24-3)21-19-11-10-16-15-6-4-5-7-17(15)23(2)20(16)22-19/h8-12H,4-7H2,1-3H3,(H,21,22). The van der Waals surface area contributed by atoms with Gasteiger partial charge in [-0.1, -0.05) is 6.07 Å². The molecule has 1 aliphatic carbocycles. The number of aryl methyl sites for hydroxylation is 3. The van der Waals surface area contributed by atoms with Gasteiger partial charge >= 0.3 is 0 Å². The van der Waals surface area contributed by atoms with Gasteiger partial charge in [0.05, 0.1) is 7.11 Å². The van der Waals surface area contributed by atoms with Crippen LogP contribution in [0.25, 0.3) is 11.0 Å². The highest BCUT2D eigenvalue weighted by Crippen LogP contribution is 2.32. The van der Waals surface area contributed by atoms with Gasteiger partial charge in [-0.2, -0.15) is 0 Å². The molecule has 1 N–H and O–H groups in total. The van der Waals surface area contributed by atoms with Crippen LogP contribution in [0, 0.1) is 6.92 Å². The minimum absolute atomic E-state index is 0.867. The highest BCUT2D eigenvalue weighted by Gasteiger charge is 2.19. The Labute approximate surface area is 142 Å². The van der Waals surface area contributed by atoms with E-state index in [4.69, 9.17) is 9.72 Å². The van der Waals surface area contributed by atoms with Crippen LogP contribution in [0.2, 0.25) is 0 Å². The Morgan fingerprint density at radius 3 is 2.79 bits per heavy atom. The number of benzene rings is 1. The van der Waals surface area contributed by atoms with Gasteiger partial charge in [-0.3, -0.25) is 0 Å². The number of methoxy groups -OCH3 is 1. The van der Waals surface area contributed by atoms with Crippen molar-refractivity contribution in [3.05, 3.63) is 47.2 Å². The highest BCUT2D eigenvalue weighted by atomic mass is 16.5. The molecule has 24 heavy (non-hydrogen) atoms. The quantitative estimate of drug-likeness (QED) is 0.771. The summed E-state index contributed by atoms with van der Waals surface area (Å²) < 4.78 is 7.67. The van der Waals surface area contributed by atoms with Gasteiger partial charge in [0, 0.05) is 29.9 Å². The summed E-state index contributed by atoms with van der Waals surface area (Å²) in [7, 11) is 3.84. The van der Waals surface area contributed by atoms with Crippen LogP contribution in [0.3, 0.4) is 0 Å². The molecule has 0 atom stereocenters. The summed E-state index contributed by atoms with van der Waals surface area (Å²) in [6.45, 7) is 2.04. The maximum atomic E-state index is 5.40. The molecule has 0 amide bonds. The van der Waals surface area contributed by atoms with Gasteiger partial charge in [-0.25, -0.2) is 4.98 Å². The van der Waals surface area contributed by atoms with Crippen molar-refractivity contribution in [3.63, 3.8) is 0 Å². The first kappa shape index (κ1) is 15.1. The average Bonchev–Trinajstić information content (AvgIpc) is 2.89. The molecule has 4 heteroatoms. The molecular formula is C20H23N3O. The van der Waals surface area contributed by atoms with Crippen LogP contribution in [-0.2, 0) is 19.9 Å². The van der Waals surface area contributed by atoms with Gasteiger partial charge < -0.3 is 14.6 Å². The lowest BCUT2D eigenvalue weighted by molar-refractivity contribution is 0.412. The summed E-state index contributed by atoms with van der Waals surface area (Å²) in [6.07, 6.45) is 4.91. The number of anilines is 2. The van der Waals surface area contributed by atoms with Crippen molar-refractivity contribution in [3.8, 4) is 5.75 Å². The second kappa shape index (κ2) is 5.86. The maximum Gasteiger partial charge on any atom is 0.142 e. The number of rotatable bonds is 3. The number of pyridine rings is 1. The maximum absolute atomic E-state index is 5.40. The van der Waals surface area contributed by atoms with E-state index in [0.29, 0.717) is 0 Å². The van der Waals surface area contributed by atoms with Crippen molar-refractivity contribution < 1.29 is 4.74 Å². The monoisotopic (exact) mass is 321 g/mol. The first-order valence-corrected chi connectivity index (χ1v) is 8.56. The lowest BCUT2D eigenvalue weighted by Crippen LogP contribution is -2.05. The number of hydrogen-bond donors (Lipinski definition) is 1. The van der Waals surface area contributed by atoms with Gasteiger partial charge in [0.2, 0.25) is 0 Å². The molecule has 1 aliphatic rings. The van der Waals surface area contributed by atoms with E-state index >= 15 is 0 Å². The molecule has 3 aromatic rings. The van der Waals surface area contributed by atoms with E-state index in [1.165, 1.54) is 42.3 Å². The predicted octanol–water partition coefficient (Wildman–Crippen LogP) is 4.51. The normalized spacial score (nSPS) is 13.8. The minimum atomic E-state index is 0.867. The van der Waals surface area contributed by atoms with Gasteiger partial charge in [0.25, 0.3) is 0 Å². The molecule has 4 nitrogen and oxygen atoms in total. The first-order valence-electron chi connectivity index (χ1n) is 8.56. The molecule has 2 aromatic heterocycles. The molecule has 0 saturated carbocycles. The van der Waals surface area contributed by atoms with Crippen LogP contribution < -0.4 is 10.1 Å². The van der Waals surface area contributed by atoms with E-state index in [1.54, 1.807) is 7.11 Å². The van der Waals surface area contributed by atoms with Crippen LogP contribution in [0.4, 0.5) is 11.5 Å². The number of nitrogens with zero attached hydrogens (tertiary/aromatic N) is 2. The Morgan fingerprint density at radius 2 is 1.96 bits per heavy atom. The van der Waals surface area contributed by atoms with Crippen molar-refractivity contribution >= 4 is 22.5 Å².